The number of amides is 2. The Morgan fingerprint density at radius 2 is 1.92 bits per heavy atom. The Balaban J connectivity index is 4.44. The first-order chi connectivity index (χ1) is 5.46. The van der Waals surface area contributed by atoms with E-state index in [2.05, 4.69) is 10.6 Å². The highest BCUT2D eigenvalue weighted by Crippen LogP contribution is 2.08. The summed E-state index contributed by atoms with van der Waals surface area (Å²) in [5.74, 6) is -0.358. The normalized spacial score (nSPS) is 14.7. The molecular weight excluding hydrogens is 156 g/mol. The lowest BCUT2D eigenvalue weighted by atomic mass is 9.98. The summed E-state index contributed by atoms with van der Waals surface area (Å²) >= 11 is 0. The van der Waals surface area contributed by atoms with Gasteiger partial charge in [-0.25, -0.2) is 0 Å². The van der Waals surface area contributed by atoms with Crippen LogP contribution in [0.15, 0.2) is 0 Å². The standard InChI is InChI=1S/C8H16N2O2/c1-5-8(3,7(12)9-4)10-6(2)11/h5H2,1-4H3,(H,9,12)(H,10,11)/t8-/m1/s1. The second-order valence-corrected chi connectivity index (χ2v) is 2.95. The molecular formula is C8H16N2O2. The highest BCUT2D eigenvalue weighted by atomic mass is 16.2. The van der Waals surface area contributed by atoms with Gasteiger partial charge in [-0.2, -0.15) is 0 Å². The van der Waals surface area contributed by atoms with Crippen LogP contribution in [0.2, 0.25) is 0 Å². The Kier molecular flexibility index (Phi) is 3.73. The first-order valence-corrected chi connectivity index (χ1v) is 3.97. The molecule has 0 aliphatic rings. The minimum Gasteiger partial charge on any atom is -0.357 e. The van der Waals surface area contributed by atoms with Gasteiger partial charge in [-0.15, -0.1) is 0 Å². The van der Waals surface area contributed by atoms with E-state index in [0.29, 0.717) is 6.42 Å². The zero-order valence-electron chi connectivity index (χ0n) is 8.02. The summed E-state index contributed by atoms with van der Waals surface area (Å²) in [6.07, 6.45) is 0.576. The molecule has 0 heterocycles. The average Bonchev–Trinajstić information content (AvgIpc) is 2.01. The van der Waals surface area contributed by atoms with Crippen molar-refractivity contribution in [2.24, 2.45) is 0 Å². The van der Waals surface area contributed by atoms with Crippen LogP contribution in [-0.4, -0.2) is 24.4 Å². The highest BCUT2D eigenvalue weighted by Gasteiger charge is 2.30. The number of likely N-dealkylation sites (N-methyl/N-ethyl adjacent to an activating group) is 1. The van der Waals surface area contributed by atoms with Crippen molar-refractivity contribution in [1.29, 1.82) is 0 Å². The van der Waals surface area contributed by atoms with E-state index in [0.717, 1.165) is 0 Å². The Bertz CT molecular complexity index is 191. The predicted octanol–water partition coefficient (Wildman–Crippen LogP) is 0.0372. The van der Waals surface area contributed by atoms with Crippen LogP contribution in [0.1, 0.15) is 27.2 Å². The number of hydrogen-bond donors (Lipinski definition) is 2. The molecule has 70 valence electrons. The van der Waals surface area contributed by atoms with E-state index in [9.17, 15) is 9.59 Å². The van der Waals surface area contributed by atoms with Gasteiger partial charge in [0.1, 0.15) is 5.54 Å². The third-order valence-electron chi connectivity index (χ3n) is 1.89. The van der Waals surface area contributed by atoms with Crippen molar-refractivity contribution in [2.75, 3.05) is 7.05 Å². The third kappa shape index (κ3) is 2.53. The second-order valence-electron chi connectivity index (χ2n) is 2.95. The summed E-state index contributed by atoms with van der Waals surface area (Å²) in [4.78, 5) is 22.0. The van der Waals surface area contributed by atoms with Crippen molar-refractivity contribution in [2.45, 2.75) is 32.7 Å². The van der Waals surface area contributed by atoms with Gasteiger partial charge >= 0.3 is 0 Å². The van der Waals surface area contributed by atoms with Crippen LogP contribution in [0.5, 0.6) is 0 Å². The molecule has 0 saturated heterocycles. The highest BCUT2D eigenvalue weighted by molar-refractivity contribution is 5.90. The largest absolute Gasteiger partial charge is 0.357 e. The number of rotatable bonds is 3. The molecule has 0 rings (SSSR count). The molecule has 0 radical (unpaired) electrons. The van der Waals surface area contributed by atoms with Gasteiger partial charge < -0.3 is 10.6 Å². The molecule has 0 aromatic carbocycles. The first kappa shape index (κ1) is 10.9. The Hall–Kier alpha value is -1.06. The van der Waals surface area contributed by atoms with Gasteiger partial charge in [0.2, 0.25) is 11.8 Å². The summed E-state index contributed by atoms with van der Waals surface area (Å²) in [6.45, 7) is 4.95. The number of carbonyl (C=O) groups is 2. The summed E-state index contributed by atoms with van der Waals surface area (Å²) in [7, 11) is 1.55. The van der Waals surface area contributed by atoms with E-state index in [1.54, 1.807) is 14.0 Å². The van der Waals surface area contributed by atoms with Gasteiger partial charge in [0.15, 0.2) is 0 Å². The molecule has 4 heteroatoms. The van der Waals surface area contributed by atoms with Gasteiger partial charge in [0.25, 0.3) is 0 Å². The maximum atomic E-state index is 11.3. The summed E-state index contributed by atoms with van der Waals surface area (Å²) in [5.41, 5.74) is -0.777. The lowest BCUT2D eigenvalue weighted by molar-refractivity contribution is -0.132. The molecule has 2 N–H and O–H groups in total. The van der Waals surface area contributed by atoms with Crippen molar-refractivity contribution in [3.63, 3.8) is 0 Å². The molecule has 0 spiro atoms. The molecule has 0 fully saturated rings. The average molecular weight is 172 g/mol. The molecule has 0 aromatic heterocycles. The van der Waals surface area contributed by atoms with Crippen molar-refractivity contribution in [3.8, 4) is 0 Å². The van der Waals surface area contributed by atoms with Gasteiger partial charge in [-0.3, -0.25) is 9.59 Å². The van der Waals surface area contributed by atoms with E-state index in [1.807, 2.05) is 6.92 Å². The van der Waals surface area contributed by atoms with E-state index >= 15 is 0 Å². The minimum absolute atomic E-state index is 0.166. The summed E-state index contributed by atoms with van der Waals surface area (Å²) < 4.78 is 0. The van der Waals surface area contributed by atoms with Crippen LogP contribution >= 0.6 is 0 Å². The van der Waals surface area contributed by atoms with Crippen molar-refractivity contribution in [3.05, 3.63) is 0 Å². The Labute approximate surface area is 72.7 Å². The van der Waals surface area contributed by atoms with Crippen LogP contribution in [0.25, 0.3) is 0 Å². The van der Waals surface area contributed by atoms with Crippen molar-refractivity contribution >= 4 is 11.8 Å². The van der Waals surface area contributed by atoms with E-state index in [-0.39, 0.29) is 11.8 Å². The van der Waals surface area contributed by atoms with E-state index < -0.39 is 5.54 Å². The quantitative estimate of drug-likeness (QED) is 0.631. The number of nitrogens with one attached hydrogen (secondary N) is 2. The van der Waals surface area contributed by atoms with Crippen LogP contribution in [0.3, 0.4) is 0 Å². The fourth-order valence-corrected chi connectivity index (χ4v) is 0.970. The number of carbonyl (C=O) groups excluding carboxylic acids is 2. The maximum Gasteiger partial charge on any atom is 0.245 e. The molecule has 0 aromatic rings. The van der Waals surface area contributed by atoms with Gasteiger partial charge in [0, 0.05) is 14.0 Å². The van der Waals surface area contributed by atoms with E-state index in [1.165, 1.54) is 6.92 Å². The fraction of sp³-hybridized carbons (Fsp3) is 0.750. The molecule has 1 atom stereocenters. The second kappa shape index (κ2) is 4.09. The van der Waals surface area contributed by atoms with Crippen LogP contribution < -0.4 is 10.6 Å². The molecule has 2 amide bonds. The van der Waals surface area contributed by atoms with Gasteiger partial charge in [-0.1, -0.05) is 6.92 Å². The van der Waals surface area contributed by atoms with Gasteiger partial charge in [-0.05, 0) is 13.3 Å². The maximum absolute atomic E-state index is 11.3. The van der Waals surface area contributed by atoms with E-state index in [4.69, 9.17) is 0 Å². The molecule has 0 bridgehead atoms. The molecule has 4 nitrogen and oxygen atoms in total. The smallest absolute Gasteiger partial charge is 0.245 e. The Morgan fingerprint density at radius 1 is 1.42 bits per heavy atom. The topological polar surface area (TPSA) is 58.2 Å². The van der Waals surface area contributed by atoms with Crippen LogP contribution in [0.4, 0.5) is 0 Å². The summed E-state index contributed by atoms with van der Waals surface area (Å²) in [6, 6.07) is 0. The lowest BCUT2D eigenvalue weighted by Gasteiger charge is -2.26. The van der Waals surface area contributed by atoms with Gasteiger partial charge in [0.05, 0.1) is 0 Å². The zero-order valence-corrected chi connectivity index (χ0v) is 8.02. The third-order valence-corrected chi connectivity index (χ3v) is 1.89. The predicted molar refractivity (Wildman–Crippen MR) is 46.6 cm³/mol. The summed E-state index contributed by atoms with van der Waals surface area (Å²) in [5, 5.41) is 5.11. The molecule has 0 saturated carbocycles. The molecule has 0 aliphatic carbocycles. The minimum atomic E-state index is -0.777. The Morgan fingerprint density at radius 3 is 2.17 bits per heavy atom. The number of hydrogen-bond acceptors (Lipinski definition) is 2. The van der Waals surface area contributed by atoms with Crippen LogP contribution in [0, 0.1) is 0 Å². The van der Waals surface area contributed by atoms with Crippen LogP contribution in [-0.2, 0) is 9.59 Å². The molecule has 12 heavy (non-hydrogen) atoms. The SMILES string of the molecule is CC[C@@](C)(NC(C)=O)C(=O)NC. The fourth-order valence-electron chi connectivity index (χ4n) is 0.970. The first-order valence-electron chi connectivity index (χ1n) is 3.97. The monoisotopic (exact) mass is 172 g/mol. The molecule has 0 aliphatic heterocycles. The zero-order chi connectivity index (χ0) is 9.78. The molecule has 0 unspecified atom stereocenters. The lowest BCUT2D eigenvalue weighted by Crippen LogP contribution is -2.55. The van der Waals surface area contributed by atoms with Crippen molar-refractivity contribution < 1.29 is 9.59 Å². The van der Waals surface area contributed by atoms with Crippen molar-refractivity contribution in [1.82, 2.24) is 10.6 Å².